The number of pyridine rings is 4. The van der Waals surface area contributed by atoms with Crippen molar-refractivity contribution in [1.82, 2.24) is 35.0 Å². The Bertz CT molecular complexity index is 6980. The summed E-state index contributed by atoms with van der Waals surface area (Å²) in [4.78, 5) is 21.8. The Morgan fingerprint density at radius 3 is 0.872 bits per heavy atom. The van der Waals surface area contributed by atoms with Crippen molar-refractivity contribution in [1.29, 1.82) is 0 Å². The number of aromatic nitrogens is 6. The molecule has 0 bridgehead atoms. The van der Waals surface area contributed by atoms with Crippen molar-refractivity contribution >= 4 is 103 Å². The van der Waals surface area contributed by atoms with Crippen LogP contribution in [0, 0.1) is 30.9 Å². The third-order valence-corrected chi connectivity index (χ3v) is 25.3. The fourth-order valence-electron chi connectivity index (χ4n) is 19.7. The predicted octanol–water partition coefficient (Wildman–Crippen LogP) is 27.9. The van der Waals surface area contributed by atoms with E-state index in [1.54, 1.807) is 12.4 Å². The standard InChI is InChI=1S/3C32H22N.C10H10N2.C8H6N3.3Ir/c3*1-32(2)28-19-20(29-13-7-8-18-33-29)14-15-24(28)27-17-16-26-23-11-4-3-9-21(23)22-10-5-6-12-25(22)30(26)31(27)32;1-11-7-8-12(9-11)10-5-3-2-4-6-10;1-2-5-9-7(3-1)8-4-6-10-11-8;;;/h3*3-13,15-19H,1-2H3;2-5,7-9H,1H3;1-6H;;;/q3*-1;-2;-1;;;+3. The number of benzene rings is 16. The molecule has 8 nitrogen and oxygen atoms in total. The maximum Gasteiger partial charge on any atom is 3.00 e. The van der Waals surface area contributed by atoms with E-state index in [1.165, 1.54) is 164 Å². The molecule has 6 heterocycles. The Balaban J connectivity index is 0.000000112. The van der Waals surface area contributed by atoms with Crippen LogP contribution in [0.1, 0.15) is 74.9 Å². The van der Waals surface area contributed by atoms with E-state index in [4.69, 9.17) is 0 Å². The molecule has 11 heteroatoms. The van der Waals surface area contributed by atoms with Gasteiger partial charge in [0.25, 0.3) is 0 Å². The van der Waals surface area contributed by atoms with Crippen LogP contribution in [0.5, 0.6) is 0 Å². The van der Waals surface area contributed by atoms with Crippen molar-refractivity contribution in [2.24, 2.45) is 0 Å². The molecule has 0 unspecified atom stereocenters. The zero-order valence-corrected chi connectivity index (χ0v) is 77.0. The summed E-state index contributed by atoms with van der Waals surface area (Å²) < 4.78 is 0. The van der Waals surface area contributed by atoms with Gasteiger partial charge < -0.3 is 34.9 Å². The molecule has 4 aliphatic rings. The fourth-order valence-corrected chi connectivity index (χ4v) is 19.7. The molecule has 0 amide bonds. The summed E-state index contributed by atoms with van der Waals surface area (Å²) in [6.07, 6.45) is 12.9. The van der Waals surface area contributed by atoms with Gasteiger partial charge in [0.15, 0.2) is 0 Å². The minimum atomic E-state index is -0.131. The van der Waals surface area contributed by atoms with E-state index >= 15 is 0 Å². The van der Waals surface area contributed by atoms with Crippen molar-refractivity contribution < 1.29 is 60.3 Å². The monoisotopic (exact) mass is 2140 g/mol. The van der Waals surface area contributed by atoms with Gasteiger partial charge in [0.05, 0.1) is 0 Å². The SMILES string of the molecule is CC1(C)c2cc(-c3ccccn3)[c-]cc2-c2ccc3c4ccccc4c4ccccc4c3c21.CC1(C)c2cc(-c3ccccn3)[c-]cc2-c2ccc3c4ccccc4c4ccccc4c3c21.CC1(C)c2cc(-c3ccccn3)[c-]cc2-c2ccc3c4ccccc4c4ccccc4c3c21.CN1C=CN(c2[c-]cccc2)[CH-]1.[Ir+3].[Ir].[Ir].c1ccc(-c2ccn[n-]2)nc1. The molecular weight excluding hydrogens is 2060 g/mol. The van der Waals surface area contributed by atoms with Crippen LogP contribution >= 0.6 is 0 Å². The Morgan fingerprint density at radius 2 is 0.592 bits per heavy atom. The molecule has 0 N–H and O–H groups in total. The summed E-state index contributed by atoms with van der Waals surface area (Å²) in [5.74, 6) is 0. The molecule has 0 fully saturated rings. The zero-order chi connectivity index (χ0) is 82.4. The summed E-state index contributed by atoms with van der Waals surface area (Å²) in [5, 5.41) is 31.6. The maximum atomic E-state index is 4.57. The minimum absolute atomic E-state index is 0. The molecular formula is C114H82Ir3N8-3. The van der Waals surface area contributed by atoms with Gasteiger partial charge in [-0.1, -0.05) is 311 Å². The maximum absolute atomic E-state index is 4.57. The largest absolute Gasteiger partial charge is 3.00 e. The van der Waals surface area contributed by atoms with Crippen molar-refractivity contribution in [3.8, 4) is 78.5 Å². The molecule has 608 valence electrons. The van der Waals surface area contributed by atoms with Crippen molar-refractivity contribution in [2.75, 3.05) is 11.9 Å². The Kier molecular flexibility index (Phi) is 22.5. The quantitative estimate of drug-likeness (QED) is 0.124. The Hall–Kier alpha value is -13.0. The predicted molar refractivity (Wildman–Crippen MR) is 506 cm³/mol. The third-order valence-electron chi connectivity index (χ3n) is 25.3. The van der Waals surface area contributed by atoms with E-state index in [-0.39, 0.29) is 76.6 Å². The normalized spacial score (nSPS) is 13.5. The molecule has 2 radical (unpaired) electrons. The van der Waals surface area contributed by atoms with E-state index in [0.29, 0.717) is 0 Å². The van der Waals surface area contributed by atoms with E-state index in [9.17, 15) is 0 Å². The number of hydrogen-bond donors (Lipinski definition) is 0. The first kappa shape index (κ1) is 82.9. The first-order chi connectivity index (χ1) is 59.8. The van der Waals surface area contributed by atoms with E-state index in [0.717, 1.165) is 50.8 Å². The summed E-state index contributed by atoms with van der Waals surface area (Å²) in [7, 11) is 2.00. The van der Waals surface area contributed by atoms with Crippen molar-refractivity contribution in [3.63, 3.8) is 0 Å². The van der Waals surface area contributed by atoms with Gasteiger partial charge in [-0.3, -0.25) is 4.98 Å². The van der Waals surface area contributed by atoms with Crippen LogP contribution in [0.2, 0.25) is 0 Å². The second kappa shape index (κ2) is 33.9. The molecule has 0 atom stereocenters. The number of para-hydroxylation sites is 1. The van der Waals surface area contributed by atoms with Crippen molar-refractivity contribution in [2.45, 2.75) is 57.8 Å². The fraction of sp³-hybridized carbons (Fsp3) is 0.0877. The number of rotatable bonds is 5. The molecule has 0 saturated carbocycles. The zero-order valence-electron chi connectivity index (χ0n) is 69.8. The van der Waals surface area contributed by atoms with Crippen molar-refractivity contribution in [3.05, 3.63) is 429 Å². The summed E-state index contributed by atoms with van der Waals surface area (Å²) in [6, 6.07) is 128. The summed E-state index contributed by atoms with van der Waals surface area (Å²) in [5.41, 5.74) is 24.6. The van der Waals surface area contributed by atoms with Gasteiger partial charge in [0.2, 0.25) is 0 Å². The van der Waals surface area contributed by atoms with Crippen LogP contribution in [0.4, 0.5) is 5.69 Å². The first-order valence-corrected chi connectivity index (χ1v) is 41.7. The molecule has 3 aliphatic carbocycles. The molecule has 21 aromatic rings. The third kappa shape index (κ3) is 14.4. The van der Waals surface area contributed by atoms with E-state index in [1.807, 2.05) is 139 Å². The molecule has 16 aromatic carbocycles. The van der Waals surface area contributed by atoms with Gasteiger partial charge in [0, 0.05) is 76.9 Å². The molecule has 0 spiro atoms. The Morgan fingerprint density at radius 1 is 0.296 bits per heavy atom. The van der Waals surface area contributed by atoms with Crippen LogP contribution in [0.15, 0.2) is 365 Å². The summed E-state index contributed by atoms with van der Waals surface area (Å²) >= 11 is 0. The van der Waals surface area contributed by atoms with Crippen LogP contribution in [-0.4, -0.2) is 37.0 Å². The Labute approximate surface area is 768 Å². The average Bonchev–Trinajstić information content (AvgIpc) is 1.58. The second-order valence-corrected chi connectivity index (χ2v) is 33.4. The first-order valence-electron chi connectivity index (χ1n) is 41.7. The second-order valence-electron chi connectivity index (χ2n) is 33.4. The number of hydrogen-bond acceptors (Lipinski definition) is 7. The van der Waals surface area contributed by atoms with Gasteiger partial charge in [0.1, 0.15) is 0 Å². The minimum Gasteiger partial charge on any atom is -0.574 e. The van der Waals surface area contributed by atoms with Gasteiger partial charge in [-0.15, -0.1) is 93.7 Å². The average molecular weight is 2140 g/mol. The molecule has 1 aliphatic heterocycles. The molecule has 125 heavy (non-hydrogen) atoms. The number of anilines is 1. The van der Waals surface area contributed by atoms with Crippen LogP contribution < -0.4 is 10.00 Å². The van der Waals surface area contributed by atoms with Gasteiger partial charge in [-0.2, -0.15) is 37.0 Å². The van der Waals surface area contributed by atoms with Crippen LogP contribution in [0.25, 0.3) is 175 Å². The van der Waals surface area contributed by atoms with Gasteiger partial charge in [-0.05, 0) is 197 Å². The molecule has 25 rings (SSSR count). The van der Waals surface area contributed by atoms with E-state index < -0.39 is 0 Å². The summed E-state index contributed by atoms with van der Waals surface area (Å²) in [6.45, 7) is 16.2. The molecule has 0 saturated heterocycles. The number of fused-ring (bicyclic) bond motifs is 30. The number of nitrogens with zero attached hydrogens (tertiary/aromatic N) is 8. The molecule has 5 aromatic heterocycles. The smallest absolute Gasteiger partial charge is 0.574 e. The van der Waals surface area contributed by atoms with Gasteiger partial charge >= 0.3 is 20.1 Å². The van der Waals surface area contributed by atoms with Crippen LogP contribution in [0.3, 0.4) is 0 Å². The van der Waals surface area contributed by atoms with Crippen LogP contribution in [-0.2, 0) is 76.6 Å². The topological polar surface area (TPSA) is 85.0 Å². The van der Waals surface area contributed by atoms with E-state index in [2.05, 4.69) is 333 Å². The van der Waals surface area contributed by atoms with Gasteiger partial charge in [-0.25, -0.2) is 0 Å².